The number of thioether (sulfide) groups is 1. The highest BCUT2D eigenvalue weighted by atomic mass is 35.5. The minimum Gasteiger partial charge on any atom is -0.612 e. The average Bonchev–Trinajstić information content (AvgIpc) is 3.14. The van der Waals surface area contributed by atoms with Crippen molar-refractivity contribution in [3.8, 4) is 0 Å². The molecule has 0 saturated carbocycles. The van der Waals surface area contributed by atoms with Crippen LogP contribution >= 0.6 is 23.4 Å². The Morgan fingerprint density at radius 3 is 2.50 bits per heavy atom. The molecule has 2 aromatic rings. The van der Waals surface area contributed by atoms with E-state index in [-0.39, 0.29) is 11.5 Å². The zero-order valence-electron chi connectivity index (χ0n) is 15.6. The predicted molar refractivity (Wildman–Crippen MR) is 118 cm³/mol. The number of hydrogen-bond donors (Lipinski definition) is 0. The highest BCUT2D eigenvalue weighted by Gasteiger charge is 2.34. The summed E-state index contributed by atoms with van der Waals surface area (Å²) >= 11 is 6.69. The van der Waals surface area contributed by atoms with Gasteiger partial charge in [-0.3, -0.25) is 0 Å². The fourth-order valence-corrected chi connectivity index (χ4v) is 5.10. The van der Waals surface area contributed by atoms with Gasteiger partial charge in [0, 0.05) is 15.5 Å². The Kier molecular flexibility index (Phi) is 6.36. The van der Waals surface area contributed by atoms with Crippen LogP contribution in [-0.4, -0.2) is 22.1 Å². The molecule has 0 N–H and O–H groups in total. The number of hydrogen-bond acceptors (Lipinski definition) is 4. The van der Waals surface area contributed by atoms with E-state index in [1.54, 1.807) is 18.0 Å². The molecule has 3 unspecified atom stereocenters. The number of rotatable bonds is 5. The van der Waals surface area contributed by atoms with E-state index in [1.807, 2.05) is 48.5 Å². The molecule has 1 aliphatic carbocycles. The normalized spacial score (nSPS) is 23.0. The Labute approximate surface area is 178 Å². The van der Waals surface area contributed by atoms with Crippen LogP contribution in [0.25, 0.3) is 0 Å². The summed E-state index contributed by atoms with van der Waals surface area (Å²) in [5, 5.41) is 0.723. The topological polar surface area (TPSA) is 44.7 Å². The molecule has 0 aromatic heterocycles. The fraction of sp³-hybridized carbons (Fsp3) is 0.318. The number of nitrogens with zero attached hydrogens (tertiary/aromatic N) is 1. The molecule has 0 bridgehead atoms. The first-order valence-corrected chi connectivity index (χ1v) is 12.2. The van der Waals surface area contributed by atoms with Crippen LogP contribution in [-0.2, 0) is 15.9 Å². The molecule has 2 aromatic carbocycles. The van der Waals surface area contributed by atoms with Gasteiger partial charge in [-0.15, -0.1) is 0 Å². The highest BCUT2D eigenvalue weighted by molar-refractivity contribution is 7.99. The molecular formula is C22H22ClNO2S2. The molecule has 0 fully saturated rings. The van der Waals surface area contributed by atoms with Gasteiger partial charge in [0.15, 0.2) is 10.3 Å². The second kappa shape index (κ2) is 8.95. The van der Waals surface area contributed by atoms with Crippen LogP contribution in [0.5, 0.6) is 0 Å². The Hall–Kier alpha value is -1.40. The van der Waals surface area contributed by atoms with Gasteiger partial charge >= 0.3 is 0 Å². The van der Waals surface area contributed by atoms with E-state index >= 15 is 0 Å². The van der Waals surface area contributed by atoms with Crippen LogP contribution in [0, 0.1) is 0 Å². The SMILES string of the molecule is C[S+]([O-])c1ccc(C2N=C(C3=CCCCC3)OC2Sc2ccc(Cl)cc2)cc1. The Morgan fingerprint density at radius 2 is 1.86 bits per heavy atom. The number of aliphatic imine (C=N–C) groups is 1. The molecule has 0 saturated heterocycles. The first kappa shape index (κ1) is 19.9. The molecule has 2 aliphatic rings. The van der Waals surface area contributed by atoms with Gasteiger partial charge in [0.1, 0.15) is 12.3 Å². The quantitative estimate of drug-likeness (QED) is 0.532. The molecule has 3 atom stereocenters. The van der Waals surface area contributed by atoms with E-state index in [2.05, 4.69) is 6.08 Å². The van der Waals surface area contributed by atoms with E-state index in [4.69, 9.17) is 21.3 Å². The van der Waals surface area contributed by atoms with E-state index in [1.165, 1.54) is 18.4 Å². The van der Waals surface area contributed by atoms with Crippen molar-refractivity contribution in [3.05, 3.63) is 70.8 Å². The zero-order valence-corrected chi connectivity index (χ0v) is 18.0. The van der Waals surface area contributed by atoms with Gasteiger partial charge in [-0.05, 0) is 78.8 Å². The van der Waals surface area contributed by atoms with Crippen LogP contribution in [0.15, 0.2) is 75.0 Å². The lowest BCUT2D eigenvalue weighted by atomic mass is 9.99. The van der Waals surface area contributed by atoms with Crippen molar-refractivity contribution in [2.75, 3.05) is 6.26 Å². The largest absolute Gasteiger partial charge is 0.612 e. The fourth-order valence-electron chi connectivity index (χ4n) is 3.41. The van der Waals surface area contributed by atoms with Crippen LogP contribution in [0.2, 0.25) is 5.02 Å². The number of benzene rings is 2. The van der Waals surface area contributed by atoms with Crippen LogP contribution in [0.1, 0.15) is 37.3 Å². The smallest absolute Gasteiger partial charge is 0.213 e. The second-order valence-corrected chi connectivity index (χ2v) is 9.92. The summed E-state index contributed by atoms with van der Waals surface area (Å²) in [4.78, 5) is 6.87. The third-order valence-corrected chi connectivity index (χ3v) is 7.25. The molecule has 6 heteroatoms. The molecule has 146 valence electrons. The molecular weight excluding hydrogens is 410 g/mol. The molecule has 0 amide bonds. The molecule has 0 spiro atoms. The molecule has 4 rings (SSSR count). The van der Waals surface area contributed by atoms with Crippen molar-refractivity contribution in [1.29, 1.82) is 0 Å². The Morgan fingerprint density at radius 1 is 1.11 bits per heavy atom. The summed E-state index contributed by atoms with van der Waals surface area (Å²) in [5.41, 5.74) is 2.16. The standard InChI is InChI=1S/C22H22ClNO2S2/c1-28(25)19-13-7-15(8-14-19)20-22(27-18-11-9-17(23)10-12-18)26-21(24-20)16-5-3-2-4-6-16/h5,7-14,20,22H,2-4,6H2,1H3. The molecule has 28 heavy (non-hydrogen) atoms. The van der Waals surface area contributed by atoms with Gasteiger partial charge in [-0.25, -0.2) is 4.99 Å². The Balaban J connectivity index is 1.61. The molecule has 3 nitrogen and oxygen atoms in total. The van der Waals surface area contributed by atoms with Crippen molar-refractivity contribution >= 4 is 40.4 Å². The van der Waals surface area contributed by atoms with Gasteiger partial charge in [0.25, 0.3) is 0 Å². The van der Waals surface area contributed by atoms with Crippen LogP contribution < -0.4 is 0 Å². The van der Waals surface area contributed by atoms with Crippen molar-refractivity contribution in [2.45, 2.75) is 47.0 Å². The number of halogens is 1. The second-order valence-electron chi connectivity index (χ2n) is 6.94. The lowest BCUT2D eigenvalue weighted by Crippen LogP contribution is -2.14. The maximum Gasteiger partial charge on any atom is 0.213 e. The van der Waals surface area contributed by atoms with Crippen molar-refractivity contribution < 1.29 is 9.29 Å². The summed E-state index contributed by atoms with van der Waals surface area (Å²) in [6, 6.07) is 15.6. The first-order valence-electron chi connectivity index (χ1n) is 9.39. The lowest BCUT2D eigenvalue weighted by molar-refractivity contribution is 0.282. The van der Waals surface area contributed by atoms with Gasteiger partial charge < -0.3 is 9.29 Å². The van der Waals surface area contributed by atoms with E-state index < -0.39 is 11.2 Å². The highest BCUT2D eigenvalue weighted by Crippen LogP contribution is 2.41. The van der Waals surface area contributed by atoms with Gasteiger partial charge in [0.05, 0.1) is 0 Å². The van der Waals surface area contributed by atoms with Gasteiger partial charge in [-0.2, -0.15) is 0 Å². The van der Waals surface area contributed by atoms with Crippen LogP contribution in [0.3, 0.4) is 0 Å². The number of ether oxygens (including phenoxy) is 1. The lowest BCUT2D eigenvalue weighted by Gasteiger charge is -2.18. The number of allylic oxidation sites excluding steroid dienone is 1. The third-order valence-electron chi connectivity index (χ3n) is 4.93. The van der Waals surface area contributed by atoms with Crippen LogP contribution in [0.4, 0.5) is 0 Å². The minimum atomic E-state index is -0.986. The van der Waals surface area contributed by atoms with E-state index in [0.717, 1.165) is 39.1 Å². The molecule has 0 radical (unpaired) electrons. The minimum absolute atomic E-state index is 0.0992. The van der Waals surface area contributed by atoms with Gasteiger partial charge in [-0.1, -0.05) is 41.6 Å². The predicted octanol–water partition coefficient (Wildman–Crippen LogP) is 6.17. The Bertz CT molecular complexity index is 878. The van der Waals surface area contributed by atoms with Crippen molar-refractivity contribution in [3.63, 3.8) is 0 Å². The molecule has 1 heterocycles. The summed E-state index contributed by atoms with van der Waals surface area (Å²) in [6.45, 7) is 0. The average molecular weight is 432 g/mol. The maximum atomic E-state index is 11.7. The van der Waals surface area contributed by atoms with Crippen molar-refractivity contribution in [2.24, 2.45) is 4.99 Å². The molecule has 1 aliphatic heterocycles. The summed E-state index contributed by atoms with van der Waals surface area (Å²) in [7, 11) is 0. The summed E-state index contributed by atoms with van der Waals surface area (Å²) in [5.74, 6) is 0.777. The van der Waals surface area contributed by atoms with E-state index in [9.17, 15) is 4.55 Å². The maximum absolute atomic E-state index is 11.7. The van der Waals surface area contributed by atoms with Gasteiger partial charge in [0.2, 0.25) is 5.90 Å². The summed E-state index contributed by atoms with van der Waals surface area (Å²) < 4.78 is 18.0. The third kappa shape index (κ3) is 4.60. The van der Waals surface area contributed by atoms with E-state index in [0.29, 0.717) is 0 Å². The summed E-state index contributed by atoms with van der Waals surface area (Å²) in [6.07, 6.45) is 8.49. The zero-order chi connectivity index (χ0) is 19.5. The monoisotopic (exact) mass is 431 g/mol. The first-order chi connectivity index (χ1) is 13.6. The van der Waals surface area contributed by atoms with Crippen molar-refractivity contribution in [1.82, 2.24) is 0 Å².